The minimum atomic E-state index is -3.83. The zero-order valence-corrected chi connectivity index (χ0v) is 18.5. The van der Waals surface area contributed by atoms with Crippen LogP contribution < -0.4 is 9.62 Å². The van der Waals surface area contributed by atoms with Gasteiger partial charge in [-0.15, -0.1) is 0 Å². The van der Waals surface area contributed by atoms with E-state index in [1.54, 1.807) is 18.2 Å². The van der Waals surface area contributed by atoms with Crippen LogP contribution in [-0.4, -0.2) is 25.9 Å². The molecule has 8 heteroatoms. The zero-order chi connectivity index (χ0) is 22.0. The molecule has 3 aromatic rings. The van der Waals surface area contributed by atoms with E-state index in [4.69, 9.17) is 11.6 Å². The highest BCUT2D eigenvalue weighted by Gasteiger charge is 2.31. The number of benzene rings is 2. The van der Waals surface area contributed by atoms with Crippen molar-refractivity contribution in [2.24, 2.45) is 0 Å². The van der Waals surface area contributed by atoms with Crippen molar-refractivity contribution in [3.63, 3.8) is 0 Å². The first kappa shape index (κ1) is 21.3. The largest absolute Gasteiger partial charge is 0.310 e. The molecule has 0 aliphatic carbocycles. The molecule has 1 aromatic heterocycles. The van der Waals surface area contributed by atoms with Crippen molar-refractivity contribution in [3.05, 3.63) is 82.9 Å². The molecule has 160 valence electrons. The molecule has 2 aromatic carbocycles. The fourth-order valence-corrected chi connectivity index (χ4v) is 5.38. The van der Waals surface area contributed by atoms with Crippen molar-refractivity contribution in [2.45, 2.75) is 30.6 Å². The van der Waals surface area contributed by atoms with E-state index in [-0.39, 0.29) is 16.7 Å². The van der Waals surface area contributed by atoms with Gasteiger partial charge in [-0.1, -0.05) is 54.1 Å². The van der Waals surface area contributed by atoms with Crippen LogP contribution in [0, 0.1) is 0 Å². The second-order valence-corrected chi connectivity index (χ2v) is 9.74. The van der Waals surface area contributed by atoms with Gasteiger partial charge in [-0.2, -0.15) is 0 Å². The van der Waals surface area contributed by atoms with Crippen molar-refractivity contribution in [3.8, 4) is 0 Å². The van der Waals surface area contributed by atoms with Crippen molar-refractivity contribution in [1.29, 1.82) is 0 Å². The maximum absolute atomic E-state index is 13.3. The van der Waals surface area contributed by atoms with Gasteiger partial charge in [-0.05, 0) is 55.2 Å². The first-order valence-corrected chi connectivity index (χ1v) is 11.8. The van der Waals surface area contributed by atoms with E-state index in [2.05, 4.69) is 10.3 Å². The average Bonchev–Trinajstić information content (AvgIpc) is 2.78. The molecular formula is C23H22ClN3O3S. The van der Waals surface area contributed by atoms with Crippen LogP contribution in [-0.2, 0) is 21.2 Å². The van der Waals surface area contributed by atoms with E-state index in [1.807, 2.05) is 43.3 Å². The summed E-state index contributed by atoms with van der Waals surface area (Å²) < 4.78 is 27.8. The van der Waals surface area contributed by atoms with Gasteiger partial charge in [0.25, 0.3) is 10.0 Å². The Morgan fingerprint density at radius 1 is 1.10 bits per heavy atom. The molecule has 1 aliphatic heterocycles. The second-order valence-electron chi connectivity index (χ2n) is 7.44. The summed E-state index contributed by atoms with van der Waals surface area (Å²) in [5.74, 6) is 0.0835. The molecule has 0 spiro atoms. The molecule has 1 N–H and O–H groups in total. The second kappa shape index (κ2) is 8.69. The van der Waals surface area contributed by atoms with Gasteiger partial charge < -0.3 is 5.32 Å². The van der Waals surface area contributed by atoms with E-state index in [0.717, 1.165) is 17.5 Å². The Morgan fingerprint density at radius 3 is 2.61 bits per heavy atom. The monoisotopic (exact) mass is 455 g/mol. The lowest BCUT2D eigenvalue weighted by Gasteiger charge is -2.29. The molecule has 0 saturated heterocycles. The van der Waals surface area contributed by atoms with Gasteiger partial charge in [0.2, 0.25) is 5.91 Å². The number of sulfonamides is 1. The van der Waals surface area contributed by atoms with E-state index in [9.17, 15) is 13.2 Å². The predicted molar refractivity (Wildman–Crippen MR) is 122 cm³/mol. The van der Waals surface area contributed by atoms with Crippen LogP contribution in [0.25, 0.3) is 0 Å². The molecule has 6 nitrogen and oxygen atoms in total. The first-order valence-electron chi connectivity index (χ1n) is 10.0. The van der Waals surface area contributed by atoms with Crippen molar-refractivity contribution < 1.29 is 13.2 Å². The Kier molecular flexibility index (Phi) is 5.98. The number of aryl methyl sites for hydroxylation is 1. The van der Waals surface area contributed by atoms with Crippen LogP contribution >= 0.6 is 11.6 Å². The molecule has 1 amide bonds. The number of carbonyl (C=O) groups excluding carboxylic acids is 1. The fourth-order valence-electron chi connectivity index (χ4n) is 3.59. The first-order chi connectivity index (χ1) is 14.9. The normalized spacial score (nSPS) is 14.6. The minimum Gasteiger partial charge on any atom is -0.310 e. The lowest BCUT2D eigenvalue weighted by molar-refractivity contribution is -0.117. The van der Waals surface area contributed by atoms with Crippen LogP contribution in [0.3, 0.4) is 0 Å². The highest BCUT2D eigenvalue weighted by atomic mass is 35.5. The third-order valence-corrected chi connectivity index (χ3v) is 7.35. The number of hydrogen-bond acceptors (Lipinski definition) is 4. The van der Waals surface area contributed by atoms with Crippen LogP contribution in [0.1, 0.15) is 30.4 Å². The summed E-state index contributed by atoms with van der Waals surface area (Å²) >= 11 is 6.01. The number of aromatic nitrogens is 1. The smallest absolute Gasteiger partial charge is 0.265 e. The van der Waals surface area contributed by atoms with E-state index in [1.165, 1.54) is 16.4 Å². The van der Waals surface area contributed by atoms with Crippen molar-refractivity contribution >= 4 is 39.2 Å². The van der Waals surface area contributed by atoms with Gasteiger partial charge in [0.15, 0.2) is 0 Å². The van der Waals surface area contributed by atoms with Crippen LogP contribution in [0.2, 0.25) is 5.02 Å². The maximum atomic E-state index is 13.3. The number of nitrogens with zero attached hydrogens (tertiary/aromatic N) is 2. The average molecular weight is 456 g/mol. The summed E-state index contributed by atoms with van der Waals surface area (Å²) in [4.78, 5) is 17.3. The number of halogens is 1. The number of amides is 1. The molecule has 0 fully saturated rings. The standard InChI is InChI=1S/C23H22ClN3O3S/c1-16(17-7-3-2-4-8-17)23(28)26-21-13-12-18-9-6-14-27(22(18)25-21)31(29,30)20-11-5-10-19(24)15-20/h2-5,7-8,10-13,15-16H,6,9,14H2,1H3,(H,25,26,28). The Balaban J connectivity index is 1.63. The molecule has 2 heterocycles. The molecule has 0 radical (unpaired) electrons. The van der Waals surface area contributed by atoms with Gasteiger partial charge in [0, 0.05) is 11.6 Å². The van der Waals surface area contributed by atoms with E-state index in [0.29, 0.717) is 29.6 Å². The SMILES string of the molecule is CC(C(=O)Nc1ccc2c(n1)N(S(=O)(=O)c1cccc(Cl)c1)CCC2)c1ccccc1. The molecule has 4 rings (SSSR count). The molecule has 0 bridgehead atoms. The summed E-state index contributed by atoms with van der Waals surface area (Å²) in [5, 5.41) is 3.17. The number of nitrogens with one attached hydrogen (secondary N) is 1. The Hall–Kier alpha value is -2.90. The molecular weight excluding hydrogens is 434 g/mol. The van der Waals surface area contributed by atoms with Gasteiger partial charge in [-0.25, -0.2) is 17.7 Å². The van der Waals surface area contributed by atoms with E-state index >= 15 is 0 Å². The molecule has 31 heavy (non-hydrogen) atoms. The van der Waals surface area contributed by atoms with Crippen molar-refractivity contribution in [2.75, 3.05) is 16.2 Å². The maximum Gasteiger partial charge on any atom is 0.265 e. The van der Waals surface area contributed by atoms with Crippen LogP contribution in [0.15, 0.2) is 71.6 Å². The summed E-state index contributed by atoms with van der Waals surface area (Å²) in [6.07, 6.45) is 1.41. The fraction of sp³-hybridized carbons (Fsp3) is 0.217. The van der Waals surface area contributed by atoms with Crippen LogP contribution in [0.4, 0.5) is 11.6 Å². The summed E-state index contributed by atoms with van der Waals surface area (Å²) in [6.45, 7) is 2.13. The number of anilines is 2. The van der Waals surface area contributed by atoms with Gasteiger partial charge in [0.05, 0.1) is 10.8 Å². The van der Waals surface area contributed by atoms with Crippen LogP contribution in [0.5, 0.6) is 0 Å². The molecule has 1 unspecified atom stereocenters. The molecule has 0 saturated carbocycles. The quantitative estimate of drug-likeness (QED) is 0.608. The summed E-state index contributed by atoms with van der Waals surface area (Å²) in [5.41, 5.74) is 1.72. The third-order valence-electron chi connectivity index (χ3n) is 5.33. The van der Waals surface area contributed by atoms with Crippen molar-refractivity contribution in [1.82, 2.24) is 4.98 Å². The van der Waals surface area contributed by atoms with Gasteiger partial charge in [-0.3, -0.25) is 4.79 Å². The Labute approximate surface area is 186 Å². The number of rotatable bonds is 5. The summed E-state index contributed by atoms with van der Waals surface area (Å²) in [7, 11) is -3.83. The Bertz CT molecular complexity index is 1220. The molecule has 1 atom stereocenters. The predicted octanol–water partition coefficient (Wildman–Crippen LogP) is 4.62. The summed E-state index contributed by atoms with van der Waals surface area (Å²) in [6, 6.07) is 19.2. The highest BCUT2D eigenvalue weighted by molar-refractivity contribution is 7.92. The lowest BCUT2D eigenvalue weighted by Crippen LogP contribution is -2.36. The molecule has 1 aliphatic rings. The third kappa shape index (κ3) is 4.43. The lowest BCUT2D eigenvalue weighted by atomic mass is 10.0. The zero-order valence-electron chi connectivity index (χ0n) is 17.0. The topological polar surface area (TPSA) is 79.4 Å². The number of hydrogen-bond donors (Lipinski definition) is 1. The number of pyridine rings is 1. The van der Waals surface area contributed by atoms with Gasteiger partial charge in [0.1, 0.15) is 11.6 Å². The van der Waals surface area contributed by atoms with E-state index < -0.39 is 10.0 Å². The minimum absolute atomic E-state index is 0.113. The number of carbonyl (C=O) groups is 1. The number of fused-ring (bicyclic) bond motifs is 1. The Morgan fingerprint density at radius 2 is 1.87 bits per heavy atom. The highest BCUT2D eigenvalue weighted by Crippen LogP contribution is 2.32. The van der Waals surface area contributed by atoms with Gasteiger partial charge >= 0.3 is 0 Å².